The highest BCUT2D eigenvalue weighted by atomic mass is 16.2. The van der Waals surface area contributed by atoms with Gasteiger partial charge in [0, 0.05) is 36.9 Å². The summed E-state index contributed by atoms with van der Waals surface area (Å²) in [6.07, 6.45) is 3.73. The number of aromatic amines is 1. The molecule has 122 valence electrons. The molecule has 3 N–H and O–H groups in total. The molecule has 1 amide bonds. The summed E-state index contributed by atoms with van der Waals surface area (Å²) in [6.45, 7) is 3.50. The predicted molar refractivity (Wildman–Crippen MR) is 89.7 cm³/mol. The van der Waals surface area contributed by atoms with Crippen LogP contribution in [0.25, 0.3) is 0 Å². The van der Waals surface area contributed by atoms with Crippen LogP contribution in [0, 0.1) is 5.92 Å². The molecule has 2 unspecified atom stereocenters. The second-order valence-electron chi connectivity index (χ2n) is 6.34. The van der Waals surface area contributed by atoms with Crippen molar-refractivity contribution < 1.29 is 4.79 Å². The van der Waals surface area contributed by atoms with Gasteiger partial charge in [-0.15, -0.1) is 0 Å². The Kier molecular flexibility index (Phi) is 4.76. The number of nitrogens with zero attached hydrogens (tertiary/aromatic N) is 2. The summed E-state index contributed by atoms with van der Waals surface area (Å²) < 4.78 is 0. The van der Waals surface area contributed by atoms with E-state index in [2.05, 4.69) is 10.2 Å². The first-order chi connectivity index (χ1) is 11.2. The summed E-state index contributed by atoms with van der Waals surface area (Å²) in [6, 6.07) is 11.6. The number of carbonyl (C=O) groups is 1. The van der Waals surface area contributed by atoms with Gasteiger partial charge < -0.3 is 10.6 Å². The van der Waals surface area contributed by atoms with Crippen molar-refractivity contribution in [2.75, 3.05) is 13.1 Å². The lowest BCUT2D eigenvalue weighted by atomic mass is 9.90. The van der Waals surface area contributed by atoms with E-state index in [1.165, 1.54) is 5.69 Å². The van der Waals surface area contributed by atoms with E-state index < -0.39 is 0 Å². The molecule has 23 heavy (non-hydrogen) atoms. The van der Waals surface area contributed by atoms with Crippen LogP contribution in [0.5, 0.6) is 0 Å². The highest BCUT2D eigenvalue weighted by molar-refractivity contribution is 5.79. The minimum absolute atomic E-state index is 0.157. The normalized spacial score (nSPS) is 18.6. The van der Waals surface area contributed by atoms with Gasteiger partial charge in [-0.25, -0.2) is 0 Å². The Morgan fingerprint density at radius 3 is 2.57 bits per heavy atom. The first-order valence-electron chi connectivity index (χ1n) is 8.25. The first-order valence-corrected chi connectivity index (χ1v) is 8.25. The molecule has 0 bridgehead atoms. The van der Waals surface area contributed by atoms with Crippen LogP contribution >= 0.6 is 0 Å². The number of aromatic nitrogens is 2. The lowest BCUT2D eigenvalue weighted by molar-refractivity contribution is -0.136. The number of piperidine rings is 1. The van der Waals surface area contributed by atoms with E-state index in [0.717, 1.165) is 31.5 Å². The molecule has 2 aromatic rings. The third kappa shape index (κ3) is 3.45. The Labute approximate surface area is 136 Å². The summed E-state index contributed by atoms with van der Waals surface area (Å²) in [5, 5.41) is 7.05. The minimum Gasteiger partial charge on any atom is -0.342 e. The largest absolute Gasteiger partial charge is 0.342 e. The standard InChI is InChI=1S/C18H24N4O/c1-13(17(19)15-5-3-2-4-6-15)18(23)22-11-8-14(9-12-22)16-7-10-20-21-16/h2-7,10,13-14,17H,8-9,11-12,19H2,1H3,(H,20,21). The highest BCUT2D eigenvalue weighted by Crippen LogP contribution is 2.28. The van der Waals surface area contributed by atoms with Gasteiger partial charge in [-0.1, -0.05) is 37.3 Å². The molecule has 5 nitrogen and oxygen atoms in total. The van der Waals surface area contributed by atoms with Gasteiger partial charge in [-0.05, 0) is 24.5 Å². The zero-order valence-electron chi connectivity index (χ0n) is 13.5. The Bertz CT molecular complexity index is 618. The molecule has 1 fully saturated rings. The molecule has 3 rings (SSSR count). The maximum Gasteiger partial charge on any atom is 0.227 e. The van der Waals surface area contributed by atoms with Crippen molar-refractivity contribution in [2.24, 2.45) is 11.7 Å². The van der Waals surface area contributed by atoms with Crippen LogP contribution in [0.15, 0.2) is 42.6 Å². The Balaban J connectivity index is 1.58. The van der Waals surface area contributed by atoms with Crippen molar-refractivity contribution in [2.45, 2.75) is 31.7 Å². The number of amides is 1. The highest BCUT2D eigenvalue weighted by Gasteiger charge is 2.30. The van der Waals surface area contributed by atoms with Gasteiger partial charge >= 0.3 is 0 Å². The maximum atomic E-state index is 12.7. The molecule has 1 aromatic carbocycles. The van der Waals surface area contributed by atoms with Crippen molar-refractivity contribution in [3.05, 3.63) is 53.9 Å². The average Bonchev–Trinajstić information content (AvgIpc) is 3.15. The number of rotatable bonds is 4. The number of H-pyrrole nitrogens is 1. The smallest absolute Gasteiger partial charge is 0.227 e. The van der Waals surface area contributed by atoms with Crippen molar-refractivity contribution in [3.63, 3.8) is 0 Å². The van der Waals surface area contributed by atoms with Crippen molar-refractivity contribution in [1.29, 1.82) is 0 Å². The first kappa shape index (κ1) is 15.7. The number of benzene rings is 1. The third-order valence-corrected chi connectivity index (χ3v) is 4.88. The zero-order valence-corrected chi connectivity index (χ0v) is 13.5. The molecular weight excluding hydrogens is 288 g/mol. The van der Waals surface area contributed by atoms with E-state index in [0.29, 0.717) is 5.92 Å². The molecule has 5 heteroatoms. The van der Waals surface area contributed by atoms with Crippen molar-refractivity contribution >= 4 is 5.91 Å². The van der Waals surface area contributed by atoms with Crippen LogP contribution < -0.4 is 5.73 Å². The van der Waals surface area contributed by atoms with E-state index in [1.807, 2.05) is 48.2 Å². The van der Waals surface area contributed by atoms with Crippen LogP contribution in [0.4, 0.5) is 0 Å². The zero-order chi connectivity index (χ0) is 16.2. The fourth-order valence-electron chi connectivity index (χ4n) is 3.31. The van der Waals surface area contributed by atoms with Crippen molar-refractivity contribution in [1.82, 2.24) is 15.1 Å². The average molecular weight is 312 g/mol. The van der Waals surface area contributed by atoms with Gasteiger partial charge in [0.05, 0.1) is 5.92 Å². The SMILES string of the molecule is CC(C(=O)N1CCC(c2ccn[nH]2)CC1)C(N)c1ccccc1. The van der Waals surface area contributed by atoms with Gasteiger partial charge in [-0.3, -0.25) is 9.89 Å². The topological polar surface area (TPSA) is 75.0 Å². The van der Waals surface area contributed by atoms with E-state index in [4.69, 9.17) is 5.73 Å². The van der Waals surface area contributed by atoms with Gasteiger partial charge in [-0.2, -0.15) is 5.10 Å². The van der Waals surface area contributed by atoms with Gasteiger partial charge in [0.1, 0.15) is 0 Å². The number of carbonyl (C=O) groups excluding carboxylic acids is 1. The summed E-state index contributed by atoms with van der Waals surface area (Å²) in [7, 11) is 0. The number of nitrogens with two attached hydrogens (primary N) is 1. The summed E-state index contributed by atoms with van der Waals surface area (Å²) in [5.74, 6) is 0.421. The predicted octanol–water partition coefficient (Wildman–Crippen LogP) is 2.45. The minimum atomic E-state index is -0.256. The molecule has 1 aliphatic heterocycles. The van der Waals surface area contributed by atoms with Crippen LogP contribution in [0.1, 0.15) is 43.0 Å². The summed E-state index contributed by atoms with van der Waals surface area (Å²) in [4.78, 5) is 14.7. The van der Waals surface area contributed by atoms with E-state index in [-0.39, 0.29) is 17.9 Å². The molecule has 0 saturated carbocycles. The van der Waals surface area contributed by atoms with Gasteiger partial charge in [0.2, 0.25) is 5.91 Å². The van der Waals surface area contributed by atoms with Crippen molar-refractivity contribution in [3.8, 4) is 0 Å². The van der Waals surface area contributed by atoms with Crippen LogP contribution in [-0.4, -0.2) is 34.1 Å². The fourth-order valence-corrected chi connectivity index (χ4v) is 3.31. The number of hydrogen-bond donors (Lipinski definition) is 2. The maximum absolute atomic E-state index is 12.7. The summed E-state index contributed by atoms with van der Waals surface area (Å²) in [5.41, 5.74) is 8.48. The number of nitrogens with one attached hydrogen (secondary N) is 1. The molecule has 2 atom stereocenters. The Hall–Kier alpha value is -2.14. The second-order valence-corrected chi connectivity index (χ2v) is 6.34. The van der Waals surface area contributed by atoms with Gasteiger partial charge in [0.15, 0.2) is 0 Å². The number of hydrogen-bond acceptors (Lipinski definition) is 3. The lowest BCUT2D eigenvalue weighted by Crippen LogP contribution is -2.43. The quantitative estimate of drug-likeness (QED) is 0.910. The molecule has 1 aliphatic rings. The van der Waals surface area contributed by atoms with Crippen LogP contribution in [-0.2, 0) is 4.79 Å². The van der Waals surface area contributed by atoms with E-state index in [9.17, 15) is 4.79 Å². The fraction of sp³-hybridized carbons (Fsp3) is 0.444. The van der Waals surface area contributed by atoms with Gasteiger partial charge in [0.25, 0.3) is 0 Å². The molecule has 1 saturated heterocycles. The van der Waals surface area contributed by atoms with Crippen LogP contribution in [0.2, 0.25) is 0 Å². The molecule has 2 heterocycles. The Morgan fingerprint density at radius 2 is 1.96 bits per heavy atom. The monoisotopic (exact) mass is 312 g/mol. The molecule has 0 radical (unpaired) electrons. The Morgan fingerprint density at radius 1 is 1.26 bits per heavy atom. The van der Waals surface area contributed by atoms with Crippen LogP contribution in [0.3, 0.4) is 0 Å². The molecule has 1 aromatic heterocycles. The third-order valence-electron chi connectivity index (χ3n) is 4.88. The number of likely N-dealkylation sites (tertiary alicyclic amines) is 1. The van der Waals surface area contributed by atoms with E-state index >= 15 is 0 Å². The molecule has 0 spiro atoms. The molecular formula is C18H24N4O. The molecule has 0 aliphatic carbocycles. The summed E-state index contributed by atoms with van der Waals surface area (Å²) >= 11 is 0. The lowest BCUT2D eigenvalue weighted by Gasteiger charge is -2.34. The van der Waals surface area contributed by atoms with E-state index in [1.54, 1.807) is 6.20 Å². The second kappa shape index (κ2) is 6.96.